The van der Waals surface area contributed by atoms with Gasteiger partial charge in [0.1, 0.15) is 5.69 Å². The molecule has 2 heterocycles. The number of nitrogens with two attached hydrogens (primary N) is 1. The van der Waals surface area contributed by atoms with Crippen molar-refractivity contribution in [2.24, 2.45) is 0 Å². The lowest BCUT2D eigenvalue weighted by Crippen LogP contribution is -2.46. The van der Waals surface area contributed by atoms with E-state index in [1.54, 1.807) is 0 Å². The van der Waals surface area contributed by atoms with Gasteiger partial charge in [-0.3, -0.25) is 4.90 Å². The zero-order valence-corrected chi connectivity index (χ0v) is 11.5. The lowest BCUT2D eigenvalue weighted by atomic mass is 10.2. The number of piperazine rings is 1. The minimum atomic E-state index is -4.44. The number of nitrogen functional groups attached to an aromatic ring is 1. The Hall–Kier alpha value is -1.50. The van der Waals surface area contributed by atoms with E-state index in [9.17, 15) is 13.2 Å². The van der Waals surface area contributed by atoms with Crippen LogP contribution >= 0.6 is 0 Å². The summed E-state index contributed by atoms with van der Waals surface area (Å²) in [6.07, 6.45) is -2.27. The molecule has 2 rings (SSSR count). The average Bonchev–Trinajstić information content (AvgIpc) is 2.39. The second-order valence-corrected chi connectivity index (χ2v) is 4.95. The summed E-state index contributed by atoms with van der Waals surface area (Å²) in [4.78, 5) is 7.57. The van der Waals surface area contributed by atoms with Crippen molar-refractivity contribution >= 4 is 11.4 Å². The van der Waals surface area contributed by atoms with Crippen LogP contribution in [0.5, 0.6) is 0 Å². The van der Waals surface area contributed by atoms with Crippen molar-refractivity contribution in [3.8, 4) is 0 Å². The van der Waals surface area contributed by atoms with Gasteiger partial charge in [0.05, 0.1) is 17.6 Å². The zero-order chi connectivity index (χ0) is 14.8. The summed E-state index contributed by atoms with van der Waals surface area (Å²) >= 11 is 0. The van der Waals surface area contributed by atoms with Crippen LogP contribution in [-0.4, -0.2) is 42.6 Å². The fraction of sp³-hybridized carbons (Fsp3) is 0.615. The van der Waals surface area contributed by atoms with E-state index < -0.39 is 11.9 Å². The summed E-state index contributed by atoms with van der Waals surface area (Å²) in [6.45, 7) is 6.20. The molecule has 0 spiro atoms. The zero-order valence-electron chi connectivity index (χ0n) is 11.5. The highest BCUT2D eigenvalue weighted by atomic mass is 19.4. The van der Waals surface area contributed by atoms with E-state index in [2.05, 4.69) is 16.8 Å². The third-order valence-corrected chi connectivity index (χ3v) is 3.46. The van der Waals surface area contributed by atoms with Crippen LogP contribution in [0.4, 0.5) is 24.5 Å². The average molecular weight is 288 g/mol. The molecule has 0 atom stereocenters. The topological polar surface area (TPSA) is 45.4 Å². The quantitative estimate of drug-likeness (QED) is 0.926. The van der Waals surface area contributed by atoms with Gasteiger partial charge >= 0.3 is 6.18 Å². The van der Waals surface area contributed by atoms with Gasteiger partial charge in [-0.1, -0.05) is 6.92 Å². The lowest BCUT2D eigenvalue weighted by molar-refractivity contribution is -0.141. The molecule has 0 unspecified atom stereocenters. The van der Waals surface area contributed by atoms with Gasteiger partial charge in [0.25, 0.3) is 0 Å². The van der Waals surface area contributed by atoms with E-state index in [-0.39, 0.29) is 0 Å². The van der Waals surface area contributed by atoms with Crippen LogP contribution in [0.25, 0.3) is 0 Å². The number of aromatic nitrogens is 1. The van der Waals surface area contributed by atoms with Gasteiger partial charge < -0.3 is 10.6 Å². The molecule has 0 bridgehead atoms. The molecule has 2 N–H and O–H groups in total. The number of rotatable bonds is 3. The van der Waals surface area contributed by atoms with Crippen LogP contribution in [-0.2, 0) is 6.18 Å². The Morgan fingerprint density at radius 3 is 2.45 bits per heavy atom. The first-order valence-electron chi connectivity index (χ1n) is 6.72. The van der Waals surface area contributed by atoms with Gasteiger partial charge in [-0.2, -0.15) is 13.2 Å². The maximum atomic E-state index is 12.7. The number of nitrogens with zero attached hydrogens (tertiary/aromatic N) is 3. The number of halogens is 3. The van der Waals surface area contributed by atoms with E-state index in [0.29, 0.717) is 24.5 Å². The van der Waals surface area contributed by atoms with Gasteiger partial charge in [-0.15, -0.1) is 0 Å². The molecule has 0 aliphatic carbocycles. The van der Waals surface area contributed by atoms with Crippen LogP contribution in [0.2, 0.25) is 0 Å². The molecule has 1 aliphatic rings. The van der Waals surface area contributed by atoms with Crippen LogP contribution in [0.3, 0.4) is 0 Å². The molecule has 7 heteroatoms. The van der Waals surface area contributed by atoms with Gasteiger partial charge in [-0.05, 0) is 19.0 Å². The molecule has 1 aliphatic heterocycles. The van der Waals surface area contributed by atoms with Crippen LogP contribution in [0.1, 0.15) is 19.0 Å². The smallest absolute Gasteiger partial charge is 0.396 e. The second-order valence-electron chi connectivity index (χ2n) is 4.95. The summed E-state index contributed by atoms with van der Waals surface area (Å²) < 4.78 is 38.1. The first kappa shape index (κ1) is 14.9. The van der Waals surface area contributed by atoms with Crippen LogP contribution in [0, 0.1) is 0 Å². The summed E-state index contributed by atoms with van der Waals surface area (Å²) in [5, 5.41) is 0. The molecule has 0 aromatic carbocycles. The third-order valence-electron chi connectivity index (χ3n) is 3.46. The molecule has 1 fully saturated rings. The Kier molecular flexibility index (Phi) is 4.37. The summed E-state index contributed by atoms with van der Waals surface area (Å²) in [5.74, 6) is 0. The SMILES string of the molecule is CCCN1CCN(c2cc(C(F)(F)F)ncc2N)CC1. The van der Waals surface area contributed by atoms with Gasteiger partial charge in [0, 0.05) is 26.2 Å². The molecule has 0 saturated carbocycles. The summed E-state index contributed by atoms with van der Waals surface area (Å²) in [5.41, 5.74) is 5.61. The van der Waals surface area contributed by atoms with E-state index in [1.807, 2.05) is 4.90 Å². The third kappa shape index (κ3) is 3.33. The fourth-order valence-electron chi connectivity index (χ4n) is 2.41. The number of anilines is 2. The Balaban J connectivity index is 2.13. The Labute approximate surface area is 116 Å². The first-order chi connectivity index (χ1) is 9.41. The van der Waals surface area contributed by atoms with Crippen molar-refractivity contribution in [2.75, 3.05) is 43.4 Å². The molecule has 0 amide bonds. The first-order valence-corrected chi connectivity index (χ1v) is 6.72. The Bertz CT molecular complexity index is 453. The van der Waals surface area contributed by atoms with Crippen molar-refractivity contribution in [1.82, 2.24) is 9.88 Å². The molecule has 1 aromatic heterocycles. The minimum Gasteiger partial charge on any atom is -0.396 e. The highest BCUT2D eigenvalue weighted by Gasteiger charge is 2.33. The maximum absolute atomic E-state index is 12.7. The highest BCUT2D eigenvalue weighted by molar-refractivity contribution is 5.67. The second kappa shape index (κ2) is 5.87. The van der Waals surface area contributed by atoms with E-state index in [4.69, 9.17) is 5.73 Å². The predicted octanol–water partition coefficient (Wildman–Crippen LogP) is 2.21. The standard InChI is InChI=1S/C13H19F3N4/c1-2-3-19-4-6-20(7-5-19)11-8-12(13(14,15)16)18-9-10(11)17/h8-9H,2-7,17H2,1H3. The van der Waals surface area contributed by atoms with Gasteiger partial charge in [0.2, 0.25) is 0 Å². The van der Waals surface area contributed by atoms with E-state index >= 15 is 0 Å². The Morgan fingerprint density at radius 1 is 1.25 bits per heavy atom. The van der Waals surface area contributed by atoms with Crippen LogP contribution < -0.4 is 10.6 Å². The largest absolute Gasteiger partial charge is 0.433 e. The van der Waals surface area contributed by atoms with Crippen molar-refractivity contribution in [3.05, 3.63) is 18.0 Å². The van der Waals surface area contributed by atoms with Crippen molar-refractivity contribution in [1.29, 1.82) is 0 Å². The molecule has 1 aromatic rings. The highest BCUT2D eigenvalue weighted by Crippen LogP contribution is 2.33. The number of hydrogen-bond acceptors (Lipinski definition) is 4. The molecule has 4 nitrogen and oxygen atoms in total. The number of alkyl halides is 3. The Morgan fingerprint density at radius 2 is 1.90 bits per heavy atom. The normalized spacial score (nSPS) is 17.5. The van der Waals surface area contributed by atoms with Crippen molar-refractivity contribution in [3.63, 3.8) is 0 Å². The molecule has 1 saturated heterocycles. The molecular weight excluding hydrogens is 269 g/mol. The van der Waals surface area contributed by atoms with Crippen molar-refractivity contribution < 1.29 is 13.2 Å². The van der Waals surface area contributed by atoms with Gasteiger partial charge in [0.15, 0.2) is 0 Å². The molecule has 0 radical (unpaired) electrons. The molecule has 20 heavy (non-hydrogen) atoms. The minimum absolute atomic E-state index is 0.293. The summed E-state index contributed by atoms with van der Waals surface area (Å²) in [6, 6.07) is 1.05. The number of pyridine rings is 1. The van der Waals surface area contributed by atoms with Gasteiger partial charge in [-0.25, -0.2) is 4.98 Å². The number of hydrogen-bond donors (Lipinski definition) is 1. The summed E-state index contributed by atoms with van der Waals surface area (Å²) in [7, 11) is 0. The van der Waals surface area contributed by atoms with E-state index in [0.717, 1.165) is 38.3 Å². The maximum Gasteiger partial charge on any atom is 0.433 e. The van der Waals surface area contributed by atoms with E-state index in [1.165, 1.54) is 0 Å². The monoisotopic (exact) mass is 288 g/mol. The van der Waals surface area contributed by atoms with Crippen LogP contribution in [0.15, 0.2) is 12.3 Å². The molecule has 112 valence electrons. The lowest BCUT2D eigenvalue weighted by Gasteiger charge is -2.36. The fourth-order valence-corrected chi connectivity index (χ4v) is 2.41. The van der Waals surface area contributed by atoms with Crippen molar-refractivity contribution in [2.45, 2.75) is 19.5 Å². The molecular formula is C13H19F3N4. The predicted molar refractivity (Wildman–Crippen MR) is 72.6 cm³/mol.